The van der Waals surface area contributed by atoms with Crippen molar-refractivity contribution in [1.29, 1.82) is 0 Å². The highest BCUT2D eigenvalue weighted by atomic mass is 16.2. The molecule has 1 aromatic rings. The van der Waals surface area contributed by atoms with E-state index < -0.39 is 0 Å². The number of benzene rings is 1. The van der Waals surface area contributed by atoms with Crippen LogP contribution in [-0.2, 0) is 4.79 Å². The summed E-state index contributed by atoms with van der Waals surface area (Å²) in [6, 6.07) is 7.97. The average molecular weight is 219 g/mol. The standard InChI is InChI=1S/C14H21NO/c1-10(2)11-8-6-7-9-12(11)15-13(16)14(3,4)5/h6-10H,1-5H3,(H,15,16). The number of rotatable bonds is 2. The van der Waals surface area contributed by atoms with Crippen LogP contribution in [0.5, 0.6) is 0 Å². The Morgan fingerprint density at radius 2 is 1.75 bits per heavy atom. The van der Waals surface area contributed by atoms with Gasteiger partial charge in [-0.1, -0.05) is 52.8 Å². The molecule has 1 N–H and O–H groups in total. The Hall–Kier alpha value is -1.31. The van der Waals surface area contributed by atoms with E-state index >= 15 is 0 Å². The Balaban J connectivity index is 2.94. The zero-order chi connectivity index (χ0) is 12.3. The third-order valence-corrected chi connectivity index (χ3v) is 2.51. The maximum atomic E-state index is 11.9. The number of carbonyl (C=O) groups excluding carboxylic acids is 1. The lowest BCUT2D eigenvalue weighted by Gasteiger charge is -2.20. The van der Waals surface area contributed by atoms with Crippen LogP contribution in [0.15, 0.2) is 24.3 Å². The summed E-state index contributed by atoms with van der Waals surface area (Å²) in [4.78, 5) is 11.9. The quantitative estimate of drug-likeness (QED) is 0.805. The van der Waals surface area contributed by atoms with E-state index in [2.05, 4.69) is 25.2 Å². The molecule has 1 amide bonds. The van der Waals surface area contributed by atoms with Crippen molar-refractivity contribution in [1.82, 2.24) is 0 Å². The molecular weight excluding hydrogens is 198 g/mol. The van der Waals surface area contributed by atoms with E-state index in [0.29, 0.717) is 5.92 Å². The van der Waals surface area contributed by atoms with Crippen molar-refractivity contribution < 1.29 is 4.79 Å². The fourth-order valence-electron chi connectivity index (χ4n) is 1.42. The van der Waals surface area contributed by atoms with Crippen molar-refractivity contribution in [2.75, 3.05) is 5.32 Å². The van der Waals surface area contributed by atoms with Gasteiger partial charge in [-0.05, 0) is 17.5 Å². The van der Waals surface area contributed by atoms with E-state index in [1.807, 2.05) is 39.0 Å². The van der Waals surface area contributed by atoms with E-state index in [0.717, 1.165) is 5.69 Å². The minimum Gasteiger partial charge on any atom is -0.325 e. The van der Waals surface area contributed by atoms with Crippen molar-refractivity contribution in [3.8, 4) is 0 Å². The summed E-state index contributed by atoms with van der Waals surface area (Å²) in [6.07, 6.45) is 0. The van der Waals surface area contributed by atoms with Gasteiger partial charge >= 0.3 is 0 Å². The first-order chi connectivity index (χ1) is 7.32. The van der Waals surface area contributed by atoms with Gasteiger partial charge in [0.2, 0.25) is 5.91 Å². The summed E-state index contributed by atoms with van der Waals surface area (Å²) in [7, 11) is 0. The molecule has 0 bridgehead atoms. The van der Waals surface area contributed by atoms with E-state index in [-0.39, 0.29) is 11.3 Å². The lowest BCUT2D eigenvalue weighted by molar-refractivity contribution is -0.123. The van der Waals surface area contributed by atoms with Gasteiger partial charge in [0.05, 0.1) is 0 Å². The Morgan fingerprint density at radius 3 is 2.25 bits per heavy atom. The van der Waals surface area contributed by atoms with Crippen LogP contribution < -0.4 is 5.32 Å². The summed E-state index contributed by atoms with van der Waals surface area (Å²) in [6.45, 7) is 10.0. The molecule has 0 spiro atoms. The van der Waals surface area contributed by atoms with Crippen LogP contribution >= 0.6 is 0 Å². The van der Waals surface area contributed by atoms with Gasteiger partial charge < -0.3 is 5.32 Å². The molecule has 0 unspecified atom stereocenters. The van der Waals surface area contributed by atoms with E-state index in [9.17, 15) is 4.79 Å². The maximum absolute atomic E-state index is 11.9. The van der Waals surface area contributed by atoms with Crippen molar-refractivity contribution >= 4 is 11.6 Å². The van der Waals surface area contributed by atoms with Gasteiger partial charge in [0.25, 0.3) is 0 Å². The van der Waals surface area contributed by atoms with Crippen LogP contribution in [0.1, 0.15) is 46.1 Å². The van der Waals surface area contributed by atoms with Crippen LogP contribution in [-0.4, -0.2) is 5.91 Å². The second-order valence-electron chi connectivity index (χ2n) is 5.45. The number of carbonyl (C=O) groups is 1. The maximum Gasteiger partial charge on any atom is 0.229 e. The highest BCUT2D eigenvalue weighted by Gasteiger charge is 2.22. The van der Waals surface area contributed by atoms with Crippen LogP contribution in [0.2, 0.25) is 0 Å². The minimum absolute atomic E-state index is 0.0561. The number of para-hydroxylation sites is 1. The molecular formula is C14H21NO. The molecule has 0 aliphatic heterocycles. The first-order valence-corrected chi connectivity index (χ1v) is 5.72. The third-order valence-electron chi connectivity index (χ3n) is 2.51. The summed E-state index contributed by atoms with van der Waals surface area (Å²) < 4.78 is 0. The van der Waals surface area contributed by atoms with Crippen LogP contribution in [0.4, 0.5) is 5.69 Å². The highest BCUT2D eigenvalue weighted by Crippen LogP contribution is 2.25. The van der Waals surface area contributed by atoms with Gasteiger partial charge in [0.1, 0.15) is 0 Å². The summed E-state index contributed by atoms with van der Waals surface area (Å²) in [5.74, 6) is 0.470. The van der Waals surface area contributed by atoms with Gasteiger partial charge in [-0.15, -0.1) is 0 Å². The number of hydrogen-bond acceptors (Lipinski definition) is 1. The topological polar surface area (TPSA) is 29.1 Å². The number of anilines is 1. The zero-order valence-corrected chi connectivity index (χ0v) is 10.8. The van der Waals surface area contributed by atoms with Gasteiger partial charge in [-0.3, -0.25) is 4.79 Å². The molecule has 88 valence electrons. The molecule has 0 aromatic heterocycles. The zero-order valence-electron chi connectivity index (χ0n) is 10.8. The second-order valence-corrected chi connectivity index (χ2v) is 5.45. The van der Waals surface area contributed by atoms with Crippen LogP contribution in [0.3, 0.4) is 0 Å². The first-order valence-electron chi connectivity index (χ1n) is 5.72. The van der Waals surface area contributed by atoms with E-state index in [4.69, 9.17) is 0 Å². The predicted molar refractivity (Wildman–Crippen MR) is 68.6 cm³/mol. The highest BCUT2D eigenvalue weighted by molar-refractivity contribution is 5.95. The Morgan fingerprint density at radius 1 is 1.19 bits per heavy atom. The van der Waals surface area contributed by atoms with E-state index in [1.165, 1.54) is 5.56 Å². The normalized spacial score (nSPS) is 11.6. The molecule has 0 fully saturated rings. The number of amides is 1. The lowest BCUT2D eigenvalue weighted by Crippen LogP contribution is -2.28. The van der Waals surface area contributed by atoms with Crippen LogP contribution in [0, 0.1) is 5.41 Å². The SMILES string of the molecule is CC(C)c1ccccc1NC(=O)C(C)(C)C. The molecule has 0 aliphatic rings. The van der Waals surface area contributed by atoms with Crippen molar-refractivity contribution in [3.05, 3.63) is 29.8 Å². The molecule has 0 saturated carbocycles. The van der Waals surface area contributed by atoms with Crippen LogP contribution in [0.25, 0.3) is 0 Å². The molecule has 0 aliphatic carbocycles. The molecule has 0 heterocycles. The molecule has 1 rings (SSSR count). The summed E-state index contributed by atoms with van der Waals surface area (Å²) in [5.41, 5.74) is 1.75. The number of nitrogens with one attached hydrogen (secondary N) is 1. The minimum atomic E-state index is -0.357. The summed E-state index contributed by atoms with van der Waals surface area (Å²) >= 11 is 0. The van der Waals surface area contributed by atoms with Gasteiger partial charge in [-0.25, -0.2) is 0 Å². The monoisotopic (exact) mass is 219 g/mol. The fraction of sp³-hybridized carbons (Fsp3) is 0.500. The number of hydrogen-bond donors (Lipinski definition) is 1. The molecule has 0 saturated heterocycles. The molecule has 1 aromatic carbocycles. The molecule has 16 heavy (non-hydrogen) atoms. The second kappa shape index (κ2) is 4.69. The molecule has 0 atom stereocenters. The van der Waals surface area contributed by atoms with Crippen molar-refractivity contribution in [3.63, 3.8) is 0 Å². The van der Waals surface area contributed by atoms with E-state index in [1.54, 1.807) is 0 Å². The van der Waals surface area contributed by atoms with Crippen molar-refractivity contribution in [2.45, 2.75) is 40.5 Å². The van der Waals surface area contributed by atoms with Gasteiger partial charge in [0, 0.05) is 11.1 Å². The Bertz CT molecular complexity index is 375. The van der Waals surface area contributed by atoms with Gasteiger partial charge in [0.15, 0.2) is 0 Å². The predicted octanol–water partition coefficient (Wildman–Crippen LogP) is 3.79. The average Bonchev–Trinajstić information content (AvgIpc) is 2.16. The smallest absolute Gasteiger partial charge is 0.229 e. The largest absolute Gasteiger partial charge is 0.325 e. The first kappa shape index (κ1) is 12.8. The molecule has 2 nitrogen and oxygen atoms in total. The van der Waals surface area contributed by atoms with Crippen molar-refractivity contribution in [2.24, 2.45) is 5.41 Å². The Labute approximate surface area is 98.1 Å². The fourth-order valence-corrected chi connectivity index (χ4v) is 1.42. The third kappa shape index (κ3) is 3.09. The molecule has 0 radical (unpaired) electrons. The van der Waals surface area contributed by atoms with Gasteiger partial charge in [-0.2, -0.15) is 0 Å². The molecule has 2 heteroatoms. The summed E-state index contributed by atoms with van der Waals surface area (Å²) in [5, 5.41) is 2.99. The lowest BCUT2D eigenvalue weighted by atomic mass is 9.94. The Kier molecular flexibility index (Phi) is 3.74.